The lowest BCUT2D eigenvalue weighted by Crippen LogP contribution is -2.27. The number of rotatable bonds is 10. The Hall–Kier alpha value is -4.33. The molecule has 0 unspecified atom stereocenters. The molecule has 0 spiro atoms. The van der Waals surface area contributed by atoms with E-state index < -0.39 is 18.5 Å². The zero-order valence-electron chi connectivity index (χ0n) is 19.0. The largest absolute Gasteiger partial charge is 0.497 e. The number of esters is 1. The van der Waals surface area contributed by atoms with Crippen molar-refractivity contribution in [2.45, 2.75) is 13.5 Å². The van der Waals surface area contributed by atoms with Gasteiger partial charge < -0.3 is 24.8 Å². The van der Waals surface area contributed by atoms with E-state index in [2.05, 4.69) is 10.6 Å². The summed E-state index contributed by atoms with van der Waals surface area (Å²) in [5.41, 5.74) is 2.72. The monoisotopic (exact) mass is 462 g/mol. The first-order chi connectivity index (χ1) is 16.4. The highest BCUT2D eigenvalue weighted by Gasteiger charge is 2.14. The van der Waals surface area contributed by atoms with Crippen LogP contribution in [-0.4, -0.2) is 38.1 Å². The molecular weight excluding hydrogens is 436 g/mol. The summed E-state index contributed by atoms with van der Waals surface area (Å²) in [6, 6.07) is 21.1. The standard InChI is InChI=1S/C26H26N2O6/c1-18-7-9-19(10-8-18)15-27-26(31)22-5-3-4-6-23(22)28-24(29)16-34-25(30)17-33-21-13-11-20(32-2)12-14-21/h3-14H,15-17H2,1-2H3,(H,27,31)(H,28,29). The third kappa shape index (κ3) is 7.37. The molecule has 8 heteroatoms. The average molecular weight is 463 g/mol. The Morgan fingerprint density at radius 2 is 1.50 bits per heavy atom. The minimum absolute atomic E-state index is 0.303. The molecule has 2 N–H and O–H groups in total. The maximum Gasteiger partial charge on any atom is 0.344 e. The molecule has 176 valence electrons. The van der Waals surface area contributed by atoms with Gasteiger partial charge in [0.25, 0.3) is 11.8 Å². The maximum absolute atomic E-state index is 12.6. The second-order valence-electron chi connectivity index (χ2n) is 7.39. The van der Waals surface area contributed by atoms with Crippen LogP contribution in [0.5, 0.6) is 11.5 Å². The van der Waals surface area contributed by atoms with Gasteiger partial charge in [-0.15, -0.1) is 0 Å². The molecule has 2 amide bonds. The van der Waals surface area contributed by atoms with Crippen molar-refractivity contribution in [2.75, 3.05) is 25.6 Å². The van der Waals surface area contributed by atoms with E-state index in [4.69, 9.17) is 14.2 Å². The molecule has 0 saturated carbocycles. The predicted molar refractivity (Wildman–Crippen MR) is 127 cm³/mol. The number of ether oxygens (including phenoxy) is 3. The van der Waals surface area contributed by atoms with Crippen molar-refractivity contribution in [3.63, 3.8) is 0 Å². The number of nitrogens with one attached hydrogen (secondary N) is 2. The lowest BCUT2D eigenvalue weighted by molar-refractivity contribution is -0.149. The Bertz CT molecular complexity index is 1130. The number of hydrogen-bond acceptors (Lipinski definition) is 6. The fourth-order valence-corrected chi connectivity index (χ4v) is 2.96. The molecule has 0 bridgehead atoms. The number of aryl methyl sites for hydroxylation is 1. The van der Waals surface area contributed by atoms with E-state index in [0.29, 0.717) is 29.3 Å². The Balaban J connectivity index is 1.47. The van der Waals surface area contributed by atoms with Crippen LogP contribution in [0.4, 0.5) is 5.69 Å². The van der Waals surface area contributed by atoms with Crippen LogP contribution in [0.25, 0.3) is 0 Å². The number of hydrogen-bond donors (Lipinski definition) is 2. The lowest BCUT2D eigenvalue weighted by atomic mass is 10.1. The molecule has 0 aromatic heterocycles. The maximum atomic E-state index is 12.6. The van der Waals surface area contributed by atoms with Crippen molar-refractivity contribution < 1.29 is 28.6 Å². The molecule has 0 heterocycles. The highest BCUT2D eigenvalue weighted by molar-refractivity contribution is 6.04. The number of methoxy groups -OCH3 is 1. The number of carbonyl (C=O) groups excluding carboxylic acids is 3. The fraction of sp³-hybridized carbons (Fsp3) is 0.192. The van der Waals surface area contributed by atoms with Gasteiger partial charge in [0.2, 0.25) is 0 Å². The normalized spacial score (nSPS) is 10.2. The van der Waals surface area contributed by atoms with Crippen molar-refractivity contribution in [1.82, 2.24) is 5.32 Å². The number of benzene rings is 3. The van der Waals surface area contributed by atoms with Crippen LogP contribution >= 0.6 is 0 Å². The molecule has 0 fully saturated rings. The Morgan fingerprint density at radius 3 is 2.21 bits per heavy atom. The smallest absolute Gasteiger partial charge is 0.344 e. The van der Waals surface area contributed by atoms with Gasteiger partial charge in [-0.1, -0.05) is 42.0 Å². The van der Waals surface area contributed by atoms with Gasteiger partial charge in [0.05, 0.1) is 18.4 Å². The Kier molecular flexibility index (Phi) is 8.62. The Labute approximate surface area is 197 Å². The van der Waals surface area contributed by atoms with Crippen LogP contribution in [0.3, 0.4) is 0 Å². The average Bonchev–Trinajstić information content (AvgIpc) is 2.86. The highest BCUT2D eigenvalue weighted by atomic mass is 16.6. The van der Waals surface area contributed by atoms with Crippen molar-refractivity contribution in [1.29, 1.82) is 0 Å². The van der Waals surface area contributed by atoms with Crippen LogP contribution in [0.1, 0.15) is 21.5 Å². The van der Waals surface area contributed by atoms with Gasteiger partial charge in [-0.05, 0) is 48.9 Å². The van der Waals surface area contributed by atoms with E-state index in [1.54, 1.807) is 55.6 Å². The fourth-order valence-electron chi connectivity index (χ4n) is 2.96. The molecule has 0 saturated heterocycles. The van der Waals surface area contributed by atoms with Crippen molar-refractivity contribution in [3.05, 3.63) is 89.5 Å². The first-order valence-corrected chi connectivity index (χ1v) is 10.6. The zero-order chi connectivity index (χ0) is 24.3. The van der Waals surface area contributed by atoms with Crippen molar-refractivity contribution in [3.8, 4) is 11.5 Å². The summed E-state index contributed by atoms with van der Waals surface area (Å²) in [6.07, 6.45) is 0. The molecule has 0 aliphatic carbocycles. The Morgan fingerprint density at radius 1 is 0.824 bits per heavy atom. The van der Waals surface area contributed by atoms with Crippen LogP contribution < -0.4 is 20.1 Å². The number of amides is 2. The zero-order valence-corrected chi connectivity index (χ0v) is 19.0. The SMILES string of the molecule is COc1ccc(OCC(=O)OCC(=O)Nc2ccccc2C(=O)NCc2ccc(C)cc2)cc1. The van der Waals surface area contributed by atoms with Gasteiger partial charge >= 0.3 is 5.97 Å². The molecule has 3 aromatic carbocycles. The number of anilines is 1. The molecule has 0 aliphatic rings. The summed E-state index contributed by atoms with van der Waals surface area (Å²) in [4.78, 5) is 36.8. The predicted octanol–water partition coefficient (Wildman–Crippen LogP) is 3.49. The topological polar surface area (TPSA) is 103 Å². The summed E-state index contributed by atoms with van der Waals surface area (Å²) >= 11 is 0. The second-order valence-corrected chi connectivity index (χ2v) is 7.39. The molecule has 0 aliphatic heterocycles. The van der Waals surface area contributed by atoms with Crippen molar-refractivity contribution >= 4 is 23.5 Å². The van der Waals surface area contributed by atoms with E-state index in [1.165, 1.54) is 0 Å². The molecule has 0 atom stereocenters. The summed E-state index contributed by atoms with van der Waals surface area (Å²) in [5.74, 6) is -0.475. The summed E-state index contributed by atoms with van der Waals surface area (Å²) in [7, 11) is 1.55. The first-order valence-electron chi connectivity index (χ1n) is 10.6. The van der Waals surface area contributed by atoms with Gasteiger partial charge in [0.15, 0.2) is 13.2 Å². The molecule has 8 nitrogen and oxygen atoms in total. The first kappa shape index (κ1) is 24.3. The van der Waals surface area contributed by atoms with Crippen LogP contribution in [0.2, 0.25) is 0 Å². The van der Waals surface area contributed by atoms with Gasteiger partial charge in [-0.3, -0.25) is 9.59 Å². The molecule has 3 rings (SSSR count). The molecular formula is C26H26N2O6. The molecule has 3 aromatic rings. The minimum atomic E-state index is -0.699. The number of carbonyl (C=O) groups is 3. The summed E-state index contributed by atoms with van der Waals surface area (Å²) < 4.78 is 15.3. The summed E-state index contributed by atoms with van der Waals surface area (Å²) in [6.45, 7) is 1.49. The van der Waals surface area contributed by atoms with Gasteiger partial charge in [0, 0.05) is 6.54 Å². The molecule has 34 heavy (non-hydrogen) atoms. The molecule has 0 radical (unpaired) electrons. The van der Waals surface area contributed by atoms with Gasteiger partial charge in [-0.2, -0.15) is 0 Å². The van der Waals surface area contributed by atoms with Crippen LogP contribution in [0.15, 0.2) is 72.8 Å². The van der Waals surface area contributed by atoms with E-state index in [9.17, 15) is 14.4 Å². The highest BCUT2D eigenvalue weighted by Crippen LogP contribution is 2.17. The van der Waals surface area contributed by atoms with E-state index in [-0.39, 0.29) is 12.5 Å². The van der Waals surface area contributed by atoms with Gasteiger partial charge in [-0.25, -0.2) is 4.79 Å². The van der Waals surface area contributed by atoms with E-state index in [1.807, 2.05) is 31.2 Å². The minimum Gasteiger partial charge on any atom is -0.497 e. The van der Waals surface area contributed by atoms with Crippen molar-refractivity contribution in [2.24, 2.45) is 0 Å². The third-order valence-corrected chi connectivity index (χ3v) is 4.80. The quantitative estimate of drug-likeness (QED) is 0.447. The number of para-hydroxylation sites is 1. The van der Waals surface area contributed by atoms with Crippen LogP contribution in [-0.2, 0) is 20.9 Å². The van der Waals surface area contributed by atoms with Crippen LogP contribution in [0, 0.1) is 6.92 Å². The summed E-state index contributed by atoms with van der Waals surface area (Å²) in [5, 5.41) is 5.45. The second kappa shape index (κ2) is 12.1. The van der Waals surface area contributed by atoms with Gasteiger partial charge in [0.1, 0.15) is 11.5 Å². The third-order valence-electron chi connectivity index (χ3n) is 4.80. The van der Waals surface area contributed by atoms with E-state index in [0.717, 1.165) is 11.1 Å². The van der Waals surface area contributed by atoms with E-state index >= 15 is 0 Å². The lowest BCUT2D eigenvalue weighted by Gasteiger charge is -2.12.